The molecule has 0 bridgehead atoms. The number of halogens is 3. The highest BCUT2D eigenvalue weighted by Crippen LogP contribution is 2.31. The molecule has 0 heterocycles. The lowest BCUT2D eigenvalue weighted by atomic mass is 9.99. The second-order valence-corrected chi connectivity index (χ2v) is 4.30. The minimum atomic E-state index is -4.71. The predicted molar refractivity (Wildman–Crippen MR) is 73.0 cm³/mol. The topological polar surface area (TPSA) is 44.5 Å². The van der Waals surface area contributed by atoms with Crippen LogP contribution in [0.4, 0.5) is 13.2 Å². The van der Waals surface area contributed by atoms with Crippen molar-refractivity contribution in [2.75, 3.05) is 7.11 Å². The lowest BCUT2D eigenvalue weighted by Crippen LogP contribution is -2.17. The molecule has 0 atom stereocenters. The molecule has 0 amide bonds. The van der Waals surface area contributed by atoms with Crippen LogP contribution in [0, 0.1) is 0 Å². The average molecular weight is 297 g/mol. The summed E-state index contributed by atoms with van der Waals surface area (Å²) < 4.78 is 45.8. The van der Waals surface area contributed by atoms with E-state index >= 15 is 0 Å². The van der Waals surface area contributed by atoms with E-state index < -0.39 is 6.36 Å². The van der Waals surface area contributed by atoms with Crippen LogP contribution in [-0.4, -0.2) is 13.5 Å². The molecule has 112 valence electrons. The van der Waals surface area contributed by atoms with Gasteiger partial charge < -0.3 is 15.2 Å². The molecule has 0 saturated heterocycles. The van der Waals surface area contributed by atoms with E-state index in [0.717, 1.165) is 11.1 Å². The van der Waals surface area contributed by atoms with Gasteiger partial charge >= 0.3 is 6.36 Å². The smallest absolute Gasteiger partial charge is 0.497 e. The molecule has 0 aromatic heterocycles. The van der Waals surface area contributed by atoms with Crippen molar-refractivity contribution < 1.29 is 22.6 Å². The summed E-state index contributed by atoms with van der Waals surface area (Å²) in [7, 11) is 1.53. The molecule has 2 N–H and O–H groups in total. The van der Waals surface area contributed by atoms with Gasteiger partial charge in [0.1, 0.15) is 11.5 Å². The fraction of sp³-hybridized carbons (Fsp3) is 0.200. The molecule has 0 unspecified atom stereocenters. The second-order valence-electron chi connectivity index (χ2n) is 4.30. The van der Waals surface area contributed by atoms with Crippen LogP contribution >= 0.6 is 0 Å². The Balaban J connectivity index is 2.40. The molecule has 0 saturated carbocycles. The number of ether oxygens (including phenoxy) is 2. The first-order valence-electron chi connectivity index (χ1n) is 6.16. The largest absolute Gasteiger partial charge is 0.573 e. The number of benzene rings is 2. The van der Waals surface area contributed by atoms with E-state index in [4.69, 9.17) is 10.5 Å². The molecule has 0 aliphatic heterocycles. The van der Waals surface area contributed by atoms with E-state index in [9.17, 15) is 13.2 Å². The van der Waals surface area contributed by atoms with Gasteiger partial charge in [-0.3, -0.25) is 0 Å². The third kappa shape index (κ3) is 3.88. The van der Waals surface area contributed by atoms with E-state index in [0.29, 0.717) is 11.3 Å². The van der Waals surface area contributed by atoms with Crippen LogP contribution in [0.1, 0.15) is 5.56 Å². The Labute approximate surface area is 120 Å². The summed E-state index contributed by atoms with van der Waals surface area (Å²) in [5.74, 6) is 0.376. The molecule has 0 spiro atoms. The summed E-state index contributed by atoms with van der Waals surface area (Å²) in [5, 5.41) is 0. The molecule has 6 heteroatoms. The first-order valence-corrected chi connectivity index (χ1v) is 6.16. The molecule has 0 aliphatic rings. The fourth-order valence-corrected chi connectivity index (χ4v) is 2.01. The number of nitrogens with two attached hydrogens (primary N) is 1. The third-order valence-electron chi connectivity index (χ3n) is 2.91. The van der Waals surface area contributed by atoms with Gasteiger partial charge in [-0.15, -0.1) is 13.2 Å². The SMILES string of the molecule is COc1ccc(-c2cccc(OC(F)(F)F)c2)c(CN)c1. The van der Waals surface area contributed by atoms with E-state index in [-0.39, 0.29) is 12.3 Å². The maximum Gasteiger partial charge on any atom is 0.573 e. The zero-order valence-electron chi connectivity index (χ0n) is 11.3. The first-order chi connectivity index (χ1) is 9.93. The fourth-order valence-electron chi connectivity index (χ4n) is 2.01. The van der Waals surface area contributed by atoms with E-state index in [1.807, 2.05) is 0 Å². The molecule has 3 nitrogen and oxygen atoms in total. The molecular weight excluding hydrogens is 283 g/mol. The highest BCUT2D eigenvalue weighted by Gasteiger charge is 2.31. The Hall–Kier alpha value is -2.21. The summed E-state index contributed by atoms with van der Waals surface area (Å²) in [5.41, 5.74) is 7.80. The van der Waals surface area contributed by atoms with Gasteiger partial charge in [0.25, 0.3) is 0 Å². The van der Waals surface area contributed by atoms with Crippen LogP contribution in [0.3, 0.4) is 0 Å². The summed E-state index contributed by atoms with van der Waals surface area (Å²) >= 11 is 0. The van der Waals surface area contributed by atoms with Crippen molar-refractivity contribution >= 4 is 0 Å². The first kappa shape index (κ1) is 15.2. The van der Waals surface area contributed by atoms with Gasteiger partial charge in [-0.2, -0.15) is 0 Å². The standard InChI is InChI=1S/C15H14F3NO2/c1-20-12-5-6-14(11(8-12)9-19)10-3-2-4-13(7-10)21-15(16,17)18/h2-8H,9,19H2,1H3. The Morgan fingerprint density at radius 2 is 1.81 bits per heavy atom. The number of hydrogen-bond donors (Lipinski definition) is 1. The van der Waals surface area contributed by atoms with Crippen LogP contribution in [0.2, 0.25) is 0 Å². The van der Waals surface area contributed by atoms with Crippen molar-refractivity contribution in [1.29, 1.82) is 0 Å². The van der Waals surface area contributed by atoms with Gasteiger partial charge in [0.2, 0.25) is 0 Å². The van der Waals surface area contributed by atoms with Crippen LogP contribution < -0.4 is 15.2 Å². The molecule has 0 fully saturated rings. The summed E-state index contributed by atoms with van der Waals surface area (Å²) in [6.07, 6.45) is -4.71. The molecule has 2 aromatic rings. The Morgan fingerprint density at radius 1 is 1.05 bits per heavy atom. The summed E-state index contributed by atoms with van der Waals surface area (Å²) in [6.45, 7) is 0.247. The average Bonchev–Trinajstić information content (AvgIpc) is 2.45. The van der Waals surface area contributed by atoms with Crippen LogP contribution in [-0.2, 0) is 6.54 Å². The maximum absolute atomic E-state index is 12.3. The molecule has 21 heavy (non-hydrogen) atoms. The van der Waals surface area contributed by atoms with Crippen molar-refractivity contribution in [2.45, 2.75) is 12.9 Å². The zero-order chi connectivity index (χ0) is 15.5. The molecule has 2 rings (SSSR count). The minimum absolute atomic E-state index is 0.247. The van der Waals surface area contributed by atoms with Crippen molar-refractivity contribution in [2.24, 2.45) is 5.73 Å². The lowest BCUT2D eigenvalue weighted by Gasteiger charge is -2.13. The number of rotatable bonds is 4. The van der Waals surface area contributed by atoms with Gasteiger partial charge in [0.05, 0.1) is 7.11 Å². The highest BCUT2D eigenvalue weighted by molar-refractivity contribution is 5.69. The Kier molecular flexibility index (Phi) is 4.37. The Bertz CT molecular complexity index is 627. The summed E-state index contributed by atoms with van der Waals surface area (Å²) in [4.78, 5) is 0. The normalized spacial score (nSPS) is 11.3. The predicted octanol–water partition coefficient (Wildman–Crippen LogP) is 3.72. The van der Waals surface area contributed by atoms with Gasteiger partial charge in [-0.05, 0) is 41.0 Å². The van der Waals surface area contributed by atoms with Gasteiger partial charge in [-0.1, -0.05) is 18.2 Å². The van der Waals surface area contributed by atoms with E-state index in [1.165, 1.54) is 25.3 Å². The molecule has 0 aliphatic carbocycles. The number of hydrogen-bond acceptors (Lipinski definition) is 3. The third-order valence-corrected chi connectivity index (χ3v) is 2.91. The van der Waals surface area contributed by atoms with Crippen molar-refractivity contribution in [3.63, 3.8) is 0 Å². The van der Waals surface area contributed by atoms with Gasteiger partial charge in [-0.25, -0.2) is 0 Å². The van der Waals surface area contributed by atoms with E-state index in [2.05, 4.69) is 4.74 Å². The second kappa shape index (κ2) is 6.05. The van der Waals surface area contributed by atoms with Crippen LogP contribution in [0.25, 0.3) is 11.1 Å². The number of alkyl halides is 3. The lowest BCUT2D eigenvalue weighted by molar-refractivity contribution is -0.274. The van der Waals surface area contributed by atoms with Crippen LogP contribution in [0.5, 0.6) is 11.5 Å². The van der Waals surface area contributed by atoms with Crippen LogP contribution in [0.15, 0.2) is 42.5 Å². The highest BCUT2D eigenvalue weighted by atomic mass is 19.4. The van der Waals surface area contributed by atoms with Crippen molar-refractivity contribution in [3.05, 3.63) is 48.0 Å². The molecule has 0 radical (unpaired) electrons. The molecular formula is C15H14F3NO2. The van der Waals surface area contributed by atoms with Crippen molar-refractivity contribution in [1.82, 2.24) is 0 Å². The van der Waals surface area contributed by atoms with E-state index in [1.54, 1.807) is 24.3 Å². The molecule has 2 aromatic carbocycles. The summed E-state index contributed by atoms with van der Waals surface area (Å²) in [6, 6.07) is 11.0. The maximum atomic E-state index is 12.3. The van der Waals surface area contributed by atoms with Gasteiger partial charge in [0, 0.05) is 6.54 Å². The monoisotopic (exact) mass is 297 g/mol. The van der Waals surface area contributed by atoms with Crippen molar-refractivity contribution in [3.8, 4) is 22.6 Å². The Morgan fingerprint density at radius 3 is 2.43 bits per heavy atom. The zero-order valence-corrected chi connectivity index (χ0v) is 11.3. The minimum Gasteiger partial charge on any atom is -0.497 e. The van der Waals surface area contributed by atoms with Gasteiger partial charge in [0.15, 0.2) is 0 Å². The quantitative estimate of drug-likeness (QED) is 0.935. The number of methoxy groups -OCH3 is 1.